The molecule has 2 rings (SSSR count). The van der Waals surface area contributed by atoms with Crippen LogP contribution >= 0.6 is 0 Å². The minimum Gasteiger partial charge on any atom is -0.370 e. The number of aryl methyl sites for hydroxylation is 2. The van der Waals surface area contributed by atoms with Gasteiger partial charge in [0.05, 0.1) is 6.42 Å². The molecule has 152 valence electrons. The van der Waals surface area contributed by atoms with Gasteiger partial charge in [0.15, 0.2) is 5.82 Å². The highest BCUT2D eigenvalue weighted by Gasteiger charge is 2.23. The van der Waals surface area contributed by atoms with Gasteiger partial charge in [-0.3, -0.25) is 4.79 Å². The van der Waals surface area contributed by atoms with E-state index in [1.54, 1.807) is 0 Å². The lowest BCUT2D eigenvalue weighted by Gasteiger charge is -2.14. The molecule has 3 amide bonds. The Morgan fingerprint density at radius 3 is 2.64 bits per heavy atom. The quantitative estimate of drug-likeness (QED) is 0.483. The summed E-state index contributed by atoms with van der Waals surface area (Å²) in [5.41, 5.74) is 6.47. The molecule has 1 atom stereocenters. The summed E-state index contributed by atoms with van der Waals surface area (Å²) in [5.74, 6) is 0.148. The van der Waals surface area contributed by atoms with Crippen molar-refractivity contribution in [2.24, 2.45) is 5.73 Å². The molecule has 0 fully saturated rings. The van der Waals surface area contributed by atoms with Crippen LogP contribution in [-0.2, 0) is 17.6 Å². The fraction of sp³-hybridized carbons (Fsp3) is 0.500. The number of amides is 3. The molecule has 8 nitrogen and oxygen atoms in total. The number of nitrogens with one attached hydrogen (secondary N) is 2. The number of urea groups is 1. The van der Waals surface area contributed by atoms with Gasteiger partial charge < -0.3 is 20.9 Å². The highest BCUT2D eigenvalue weighted by molar-refractivity contribution is 5.77. The molecule has 0 aliphatic heterocycles. The van der Waals surface area contributed by atoms with E-state index in [0.717, 1.165) is 32.1 Å². The predicted molar refractivity (Wildman–Crippen MR) is 105 cm³/mol. The van der Waals surface area contributed by atoms with Crippen molar-refractivity contribution in [1.82, 2.24) is 20.8 Å². The maximum Gasteiger partial charge on any atom is 0.315 e. The molecule has 0 saturated heterocycles. The summed E-state index contributed by atoms with van der Waals surface area (Å²) in [6.45, 7) is 2.70. The molecule has 4 N–H and O–H groups in total. The largest absolute Gasteiger partial charge is 0.370 e. The monoisotopic (exact) mass is 387 g/mol. The number of unbranched alkanes of at least 4 members (excludes halogenated alkanes) is 3. The van der Waals surface area contributed by atoms with Crippen molar-refractivity contribution in [3.8, 4) is 0 Å². The average molecular weight is 387 g/mol. The SMILES string of the molecule is CCCCCCNC(=O)N[C@H](CC(N)=O)c1nc(CCc2ccccc2)no1. The van der Waals surface area contributed by atoms with Crippen LogP contribution in [0.4, 0.5) is 4.79 Å². The summed E-state index contributed by atoms with van der Waals surface area (Å²) < 4.78 is 5.26. The van der Waals surface area contributed by atoms with Crippen LogP contribution in [0.25, 0.3) is 0 Å². The van der Waals surface area contributed by atoms with Gasteiger partial charge in [0.25, 0.3) is 0 Å². The van der Waals surface area contributed by atoms with Gasteiger partial charge in [0.1, 0.15) is 6.04 Å². The number of nitrogens with zero attached hydrogens (tertiary/aromatic N) is 2. The number of nitrogens with two attached hydrogens (primary N) is 1. The Labute approximate surface area is 165 Å². The number of aromatic nitrogens is 2. The first-order valence-corrected chi connectivity index (χ1v) is 9.77. The number of benzene rings is 1. The Morgan fingerprint density at radius 1 is 1.14 bits per heavy atom. The average Bonchev–Trinajstić information content (AvgIpc) is 3.15. The molecule has 0 bridgehead atoms. The van der Waals surface area contributed by atoms with Gasteiger partial charge in [-0.25, -0.2) is 4.79 Å². The van der Waals surface area contributed by atoms with Crippen molar-refractivity contribution in [2.45, 2.75) is 57.9 Å². The van der Waals surface area contributed by atoms with Crippen molar-refractivity contribution in [1.29, 1.82) is 0 Å². The summed E-state index contributed by atoms with van der Waals surface area (Å²) in [5, 5.41) is 9.42. The zero-order valence-corrected chi connectivity index (χ0v) is 16.3. The Balaban J connectivity index is 1.88. The molecule has 0 aliphatic rings. The second-order valence-corrected chi connectivity index (χ2v) is 6.72. The number of hydrogen-bond donors (Lipinski definition) is 3. The van der Waals surface area contributed by atoms with E-state index in [9.17, 15) is 9.59 Å². The second-order valence-electron chi connectivity index (χ2n) is 6.72. The number of carbonyl (C=O) groups is 2. The Morgan fingerprint density at radius 2 is 1.93 bits per heavy atom. The van der Waals surface area contributed by atoms with Crippen LogP contribution in [0.15, 0.2) is 34.9 Å². The molecule has 0 spiro atoms. The van der Waals surface area contributed by atoms with Crippen molar-refractivity contribution in [3.05, 3.63) is 47.6 Å². The second kappa shape index (κ2) is 11.7. The van der Waals surface area contributed by atoms with Crippen molar-refractivity contribution >= 4 is 11.9 Å². The van der Waals surface area contributed by atoms with Crippen LogP contribution in [0.2, 0.25) is 0 Å². The van der Waals surface area contributed by atoms with Gasteiger partial charge in [-0.05, 0) is 18.4 Å². The van der Waals surface area contributed by atoms with E-state index >= 15 is 0 Å². The molecule has 1 aromatic carbocycles. The van der Waals surface area contributed by atoms with Gasteiger partial charge in [-0.2, -0.15) is 4.98 Å². The molecule has 0 unspecified atom stereocenters. The van der Waals surface area contributed by atoms with E-state index in [-0.39, 0.29) is 18.3 Å². The standard InChI is InChI=1S/C20H29N5O3/c1-2-3-4-8-13-22-20(27)23-16(14-17(21)26)19-24-18(25-28-19)12-11-15-9-6-5-7-10-15/h5-7,9-10,16H,2-4,8,11-14H2,1H3,(H2,21,26)(H2,22,23,27)/t16-/m1/s1. The summed E-state index contributed by atoms with van der Waals surface area (Å²) in [6, 6.07) is 8.85. The summed E-state index contributed by atoms with van der Waals surface area (Å²) in [6.07, 6.45) is 5.51. The molecular weight excluding hydrogens is 358 g/mol. The molecule has 0 radical (unpaired) electrons. The third-order valence-corrected chi connectivity index (χ3v) is 4.29. The fourth-order valence-electron chi connectivity index (χ4n) is 2.78. The molecular formula is C20H29N5O3. The van der Waals surface area contributed by atoms with E-state index in [0.29, 0.717) is 18.8 Å². The summed E-state index contributed by atoms with van der Waals surface area (Å²) in [4.78, 5) is 27.8. The molecule has 8 heteroatoms. The lowest BCUT2D eigenvalue weighted by Crippen LogP contribution is -2.39. The number of hydrogen-bond acceptors (Lipinski definition) is 5. The molecule has 1 heterocycles. The van der Waals surface area contributed by atoms with Crippen LogP contribution in [0, 0.1) is 0 Å². The number of rotatable bonds is 12. The number of primary amides is 1. The summed E-state index contributed by atoms with van der Waals surface area (Å²) in [7, 11) is 0. The predicted octanol–water partition coefficient (Wildman–Crippen LogP) is 2.65. The van der Waals surface area contributed by atoms with Crippen molar-refractivity contribution in [3.63, 3.8) is 0 Å². The zero-order valence-electron chi connectivity index (χ0n) is 16.3. The first-order valence-electron chi connectivity index (χ1n) is 9.77. The van der Waals surface area contributed by atoms with Crippen LogP contribution in [0.3, 0.4) is 0 Å². The van der Waals surface area contributed by atoms with E-state index < -0.39 is 11.9 Å². The summed E-state index contributed by atoms with van der Waals surface area (Å²) >= 11 is 0. The van der Waals surface area contributed by atoms with E-state index in [4.69, 9.17) is 10.3 Å². The topological polar surface area (TPSA) is 123 Å². The maximum absolute atomic E-state index is 12.1. The van der Waals surface area contributed by atoms with Crippen molar-refractivity contribution in [2.75, 3.05) is 6.54 Å². The van der Waals surface area contributed by atoms with Gasteiger partial charge in [0.2, 0.25) is 11.8 Å². The van der Waals surface area contributed by atoms with Crippen LogP contribution in [0.5, 0.6) is 0 Å². The van der Waals surface area contributed by atoms with Gasteiger partial charge in [-0.1, -0.05) is 61.7 Å². The Hall–Kier alpha value is -2.90. The Bertz CT molecular complexity index is 732. The van der Waals surface area contributed by atoms with Crippen LogP contribution in [0.1, 0.15) is 62.3 Å². The Kier molecular flexibility index (Phi) is 8.97. The first-order chi connectivity index (χ1) is 13.6. The minimum atomic E-state index is -0.744. The third kappa shape index (κ3) is 7.77. The molecule has 0 saturated carbocycles. The zero-order chi connectivity index (χ0) is 20.2. The lowest BCUT2D eigenvalue weighted by atomic mass is 10.1. The highest BCUT2D eigenvalue weighted by atomic mass is 16.5. The van der Waals surface area contributed by atoms with Crippen molar-refractivity contribution < 1.29 is 14.1 Å². The first kappa shape index (κ1) is 21.4. The number of carbonyl (C=O) groups excluding carboxylic acids is 2. The lowest BCUT2D eigenvalue weighted by molar-refractivity contribution is -0.118. The molecule has 0 aliphatic carbocycles. The van der Waals surface area contributed by atoms with Crippen LogP contribution < -0.4 is 16.4 Å². The fourth-order valence-corrected chi connectivity index (χ4v) is 2.78. The molecule has 2 aromatic rings. The van der Waals surface area contributed by atoms with Gasteiger partial charge in [0, 0.05) is 13.0 Å². The smallest absolute Gasteiger partial charge is 0.315 e. The van der Waals surface area contributed by atoms with Gasteiger partial charge in [-0.15, -0.1) is 0 Å². The van der Waals surface area contributed by atoms with Crippen LogP contribution in [-0.4, -0.2) is 28.6 Å². The third-order valence-electron chi connectivity index (χ3n) is 4.29. The molecule has 28 heavy (non-hydrogen) atoms. The maximum atomic E-state index is 12.1. The van der Waals surface area contributed by atoms with Gasteiger partial charge >= 0.3 is 6.03 Å². The highest BCUT2D eigenvalue weighted by Crippen LogP contribution is 2.15. The van der Waals surface area contributed by atoms with E-state index in [1.165, 1.54) is 5.56 Å². The van der Waals surface area contributed by atoms with E-state index in [2.05, 4.69) is 27.7 Å². The molecule has 1 aromatic heterocycles. The minimum absolute atomic E-state index is 0.108. The normalized spacial score (nSPS) is 11.8. The van der Waals surface area contributed by atoms with E-state index in [1.807, 2.05) is 30.3 Å².